The van der Waals surface area contributed by atoms with Crippen LogP contribution in [0, 0.1) is 17.8 Å². The van der Waals surface area contributed by atoms with E-state index in [-0.39, 0.29) is 17.9 Å². The van der Waals surface area contributed by atoms with Crippen LogP contribution >= 0.6 is 0 Å². The second kappa shape index (κ2) is 5.93. The van der Waals surface area contributed by atoms with Crippen molar-refractivity contribution in [2.75, 3.05) is 6.54 Å². The van der Waals surface area contributed by atoms with E-state index in [2.05, 4.69) is 0 Å². The van der Waals surface area contributed by atoms with Gasteiger partial charge in [0.25, 0.3) is 0 Å². The van der Waals surface area contributed by atoms with Crippen LogP contribution in [-0.4, -0.2) is 34.5 Å². The molecule has 2 unspecified atom stereocenters. The molecule has 2 rings (SSSR count). The molecule has 0 bridgehead atoms. The van der Waals surface area contributed by atoms with Gasteiger partial charge in [0.05, 0.1) is 11.8 Å². The van der Waals surface area contributed by atoms with E-state index in [1.54, 1.807) is 0 Å². The molecule has 2 saturated carbocycles. The van der Waals surface area contributed by atoms with E-state index in [0.717, 1.165) is 25.8 Å². The molecule has 0 aromatic rings. The third kappa shape index (κ3) is 3.48. The number of hydrogen-bond acceptors (Lipinski definition) is 2. The predicted molar refractivity (Wildman–Crippen MR) is 72.7 cm³/mol. The number of aliphatic carboxylic acids is 1. The molecule has 4 nitrogen and oxygen atoms in total. The summed E-state index contributed by atoms with van der Waals surface area (Å²) in [6.07, 6.45) is 5.73. The van der Waals surface area contributed by atoms with Crippen LogP contribution < -0.4 is 0 Å². The molecule has 2 aliphatic rings. The van der Waals surface area contributed by atoms with Crippen molar-refractivity contribution in [1.82, 2.24) is 4.90 Å². The fraction of sp³-hybridized carbons (Fsp3) is 0.867. The number of amides is 1. The lowest BCUT2D eigenvalue weighted by molar-refractivity contribution is -0.153. The molecule has 0 aliphatic heterocycles. The Bertz CT molecular complexity index is 349. The highest BCUT2D eigenvalue weighted by Crippen LogP contribution is 2.35. The number of carbonyl (C=O) groups excluding carboxylic acids is 1. The highest BCUT2D eigenvalue weighted by molar-refractivity contribution is 5.85. The van der Waals surface area contributed by atoms with Crippen molar-refractivity contribution < 1.29 is 14.7 Å². The van der Waals surface area contributed by atoms with E-state index >= 15 is 0 Å². The summed E-state index contributed by atoms with van der Waals surface area (Å²) in [6.45, 7) is 4.87. The zero-order valence-electron chi connectivity index (χ0n) is 12.0. The Morgan fingerprint density at radius 3 is 2.16 bits per heavy atom. The predicted octanol–water partition coefficient (Wildman–Crippen LogP) is 2.52. The molecule has 0 heterocycles. The van der Waals surface area contributed by atoms with E-state index in [9.17, 15) is 14.7 Å². The first-order valence-electron chi connectivity index (χ1n) is 7.54. The van der Waals surface area contributed by atoms with Gasteiger partial charge in [0, 0.05) is 12.6 Å². The molecule has 2 aliphatic carbocycles. The Kier molecular flexibility index (Phi) is 4.48. The number of carboxylic acid groups (broad SMARTS) is 1. The summed E-state index contributed by atoms with van der Waals surface area (Å²) in [4.78, 5) is 25.9. The minimum absolute atomic E-state index is 0.0778. The second-order valence-corrected chi connectivity index (χ2v) is 6.36. The molecule has 4 heteroatoms. The number of carbonyl (C=O) groups is 2. The van der Waals surface area contributed by atoms with Crippen LogP contribution in [0.5, 0.6) is 0 Å². The highest BCUT2D eigenvalue weighted by atomic mass is 16.4. The summed E-state index contributed by atoms with van der Waals surface area (Å²) in [6, 6.07) is 0.171. The lowest BCUT2D eigenvalue weighted by Gasteiger charge is -2.35. The van der Waals surface area contributed by atoms with Gasteiger partial charge in [0.1, 0.15) is 0 Å². The van der Waals surface area contributed by atoms with E-state index in [0.29, 0.717) is 12.3 Å². The Morgan fingerprint density at radius 2 is 1.68 bits per heavy atom. The summed E-state index contributed by atoms with van der Waals surface area (Å²) in [7, 11) is 0. The van der Waals surface area contributed by atoms with Gasteiger partial charge in [-0.2, -0.15) is 0 Å². The topological polar surface area (TPSA) is 57.6 Å². The standard InChI is InChI=1S/C15H25NO3/c1-10(2)16(9-11-7-8-11)14(17)12-5-3-4-6-13(12)15(18)19/h10-13H,3-9H2,1-2H3,(H,18,19). The smallest absolute Gasteiger partial charge is 0.307 e. The van der Waals surface area contributed by atoms with Crippen molar-refractivity contribution in [3.05, 3.63) is 0 Å². The van der Waals surface area contributed by atoms with E-state index in [1.807, 2.05) is 18.7 Å². The highest BCUT2D eigenvalue weighted by Gasteiger charge is 2.39. The molecule has 2 atom stereocenters. The normalized spacial score (nSPS) is 27.3. The van der Waals surface area contributed by atoms with Crippen molar-refractivity contribution in [3.8, 4) is 0 Å². The van der Waals surface area contributed by atoms with Crippen LogP contribution in [-0.2, 0) is 9.59 Å². The molecule has 0 saturated heterocycles. The molecule has 0 aromatic carbocycles. The molecule has 2 fully saturated rings. The Labute approximate surface area is 115 Å². The summed E-state index contributed by atoms with van der Waals surface area (Å²) < 4.78 is 0. The molecular weight excluding hydrogens is 242 g/mol. The van der Waals surface area contributed by atoms with E-state index in [4.69, 9.17) is 0 Å². The van der Waals surface area contributed by atoms with Crippen LogP contribution in [0.3, 0.4) is 0 Å². The number of nitrogens with zero attached hydrogens (tertiary/aromatic N) is 1. The maximum Gasteiger partial charge on any atom is 0.307 e. The van der Waals surface area contributed by atoms with Gasteiger partial charge in [-0.05, 0) is 45.4 Å². The summed E-state index contributed by atoms with van der Waals surface area (Å²) >= 11 is 0. The van der Waals surface area contributed by atoms with Crippen LogP contribution in [0.1, 0.15) is 52.4 Å². The molecule has 1 amide bonds. The first-order valence-corrected chi connectivity index (χ1v) is 7.54. The van der Waals surface area contributed by atoms with Gasteiger partial charge in [0.2, 0.25) is 5.91 Å². The number of carboxylic acids is 1. The van der Waals surface area contributed by atoms with Crippen molar-refractivity contribution in [3.63, 3.8) is 0 Å². The maximum absolute atomic E-state index is 12.7. The van der Waals surface area contributed by atoms with Gasteiger partial charge in [0.15, 0.2) is 0 Å². The van der Waals surface area contributed by atoms with Gasteiger partial charge in [-0.1, -0.05) is 12.8 Å². The zero-order valence-corrected chi connectivity index (χ0v) is 12.0. The van der Waals surface area contributed by atoms with Crippen LogP contribution in [0.2, 0.25) is 0 Å². The van der Waals surface area contributed by atoms with Gasteiger partial charge in [-0.15, -0.1) is 0 Å². The van der Waals surface area contributed by atoms with E-state index in [1.165, 1.54) is 12.8 Å². The third-order valence-electron chi connectivity index (χ3n) is 4.46. The summed E-state index contributed by atoms with van der Waals surface area (Å²) in [5, 5.41) is 9.30. The molecule has 0 spiro atoms. The first-order chi connectivity index (χ1) is 9.00. The fourth-order valence-electron chi connectivity index (χ4n) is 3.07. The molecular formula is C15H25NO3. The maximum atomic E-state index is 12.7. The molecule has 108 valence electrons. The quantitative estimate of drug-likeness (QED) is 0.832. The van der Waals surface area contributed by atoms with Crippen molar-refractivity contribution >= 4 is 11.9 Å². The van der Waals surface area contributed by atoms with Crippen molar-refractivity contribution in [2.45, 2.75) is 58.4 Å². The first kappa shape index (κ1) is 14.4. The zero-order chi connectivity index (χ0) is 14.0. The summed E-state index contributed by atoms with van der Waals surface area (Å²) in [5.41, 5.74) is 0. The lowest BCUT2D eigenvalue weighted by Crippen LogP contribution is -2.46. The van der Waals surface area contributed by atoms with Crippen molar-refractivity contribution in [2.24, 2.45) is 17.8 Å². The Hall–Kier alpha value is -1.06. The Balaban J connectivity index is 2.06. The largest absolute Gasteiger partial charge is 0.481 e. The van der Waals surface area contributed by atoms with E-state index < -0.39 is 11.9 Å². The molecule has 19 heavy (non-hydrogen) atoms. The summed E-state index contributed by atoms with van der Waals surface area (Å²) in [5.74, 6) is -0.838. The van der Waals surface area contributed by atoms with Crippen LogP contribution in [0.15, 0.2) is 0 Å². The van der Waals surface area contributed by atoms with Gasteiger partial charge in [-0.25, -0.2) is 0 Å². The SMILES string of the molecule is CC(C)N(CC1CC1)C(=O)C1CCCCC1C(=O)O. The fourth-order valence-corrected chi connectivity index (χ4v) is 3.07. The molecule has 0 aromatic heterocycles. The number of rotatable bonds is 5. The van der Waals surface area contributed by atoms with Gasteiger partial charge >= 0.3 is 5.97 Å². The van der Waals surface area contributed by atoms with Crippen LogP contribution in [0.25, 0.3) is 0 Å². The van der Waals surface area contributed by atoms with Gasteiger partial charge < -0.3 is 10.0 Å². The van der Waals surface area contributed by atoms with Crippen molar-refractivity contribution in [1.29, 1.82) is 0 Å². The molecule has 0 radical (unpaired) electrons. The minimum atomic E-state index is -0.798. The average Bonchev–Trinajstić information content (AvgIpc) is 3.18. The second-order valence-electron chi connectivity index (χ2n) is 6.36. The molecule has 1 N–H and O–H groups in total. The Morgan fingerprint density at radius 1 is 1.11 bits per heavy atom. The average molecular weight is 267 g/mol. The van der Waals surface area contributed by atoms with Gasteiger partial charge in [-0.3, -0.25) is 9.59 Å². The monoisotopic (exact) mass is 267 g/mol. The minimum Gasteiger partial charge on any atom is -0.481 e. The lowest BCUT2D eigenvalue weighted by atomic mass is 9.78. The van der Waals surface area contributed by atoms with Crippen LogP contribution in [0.4, 0.5) is 0 Å². The number of hydrogen-bond donors (Lipinski definition) is 1. The third-order valence-corrected chi connectivity index (χ3v) is 4.46.